The lowest BCUT2D eigenvalue weighted by Crippen LogP contribution is -2.20. The Morgan fingerprint density at radius 1 is 1.12 bits per heavy atom. The molecule has 0 bridgehead atoms. The predicted octanol–water partition coefficient (Wildman–Crippen LogP) is 5.01. The van der Waals surface area contributed by atoms with E-state index in [1.54, 1.807) is 22.9 Å². The van der Waals surface area contributed by atoms with Gasteiger partial charge in [0.1, 0.15) is 11.4 Å². The average molecular weight is 444 g/mol. The van der Waals surface area contributed by atoms with Gasteiger partial charge in [-0.05, 0) is 45.2 Å². The van der Waals surface area contributed by atoms with Gasteiger partial charge < -0.3 is 14.4 Å². The zero-order valence-electron chi connectivity index (χ0n) is 19.1. The summed E-state index contributed by atoms with van der Waals surface area (Å²) >= 11 is 0. The smallest absolute Gasteiger partial charge is 0.250 e. The van der Waals surface area contributed by atoms with Crippen LogP contribution in [-0.2, 0) is 6.54 Å². The molecule has 0 spiro atoms. The molecule has 7 nitrogen and oxygen atoms in total. The largest absolute Gasteiger partial charge is 0.354 e. The Kier molecular flexibility index (Phi) is 5.64. The molecule has 1 saturated carbocycles. The second-order valence-electron chi connectivity index (χ2n) is 8.87. The van der Waals surface area contributed by atoms with E-state index in [4.69, 9.17) is 9.51 Å². The normalized spacial score (nSPS) is 13.6. The van der Waals surface area contributed by atoms with Gasteiger partial charge in [-0.2, -0.15) is 0 Å². The summed E-state index contributed by atoms with van der Waals surface area (Å²) in [6, 6.07) is 14.4. The zero-order chi connectivity index (χ0) is 22.9. The van der Waals surface area contributed by atoms with Gasteiger partial charge in [-0.25, -0.2) is 4.98 Å². The van der Waals surface area contributed by atoms with Gasteiger partial charge in [0, 0.05) is 49.5 Å². The Bertz CT molecular complexity index is 1340. The van der Waals surface area contributed by atoms with Crippen LogP contribution in [0.3, 0.4) is 0 Å². The highest BCUT2D eigenvalue weighted by molar-refractivity contribution is 5.68. The van der Waals surface area contributed by atoms with Crippen molar-refractivity contribution in [2.45, 2.75) is 52.2 Å². The highest BCUT2D eigenvalue weighted by atomic mass is 16.5. The molecule has 33 heavy (non-hydrogen) atoms. The number of nitrogens with zero attached hydrogens (tertiary/aromatic N) is 4. The standard InChI is InChI=1S/C26H27N5O2.H2/c1-16(2)31-15-20(8-11-25(31)32)23-14-27-17(3)26(29-23)24-12-22(30-33-24)19-6-4-18(5-7-19)13-28-21-9-10-21;/h4-8,11-12,14-16,21,28H,9-10,13H2,1-3H3;1H. The summed E-state index contributed by atoms with van der Waals surface area (Å²) in [6.45, 7) is 6.74. The van der Waals surface area contributed by atoms with Gasteiger partial charge in [0.25, 0.3) is 5.56 Å². The Morgan fingerprint density at radius 3 is 2.61 bits per heavy atom. The first kappa shape index (κ1) is 21.3. The van der Waals surface area contributed by atoms with Crippen molar-refractivity contribution >= 4 is 0 Å². The van der Waals surface area contributed by atoms with E-state index in [0.29, 0.717) is 23.2 Å². The van der Waals surface area contributed by atoms with Crippen LogP contribution in [0.25, 0.3) is 34.0 Å². The Balaban J connectivity index is 0.00000274. The maximum absolute atomic E-state index is 12.1. The van der Waals surface area contributed by atoms with Crippen molar-refractivity contribution in [1.82, 2.24) is 25.0 Å². The molecule has 3 heterocycles. The summed E-state index contributed by atoms with van der Waals surface area (Å²) in [6.07, 6.45) is 6.10. The molecule has 3 aromatic heterocycles. The fourth-order valence-electron chi connectivity index (χ4n) is 3.75. The van der Waals surface area contributed by atoms with Crippen molar-refractivity contribution in [2.24, 2.45) is 0 Å². The minimum absolute atomic E-state index is 0. The summed E-state index contributed by atoms with van der Waals surface area (Å²) in [5.74, 6) is 0.563. The quantitative estimate of drug-likeness (QED) is 0.432. The van der Waals surface area contributed by atoms with Gasteiger partial charge >= 0.3 is 0 Å². The minimum atomic E-state index is -0.0386. The molecular formula is C26H29N5O2. The van der Waals surface area contributed by atoms with Crippen molar-refractivity contribution in [3.05, 3.63) is 76.5 Å². The van der Waals surface area contributed by atoms with Crippen LogP contribution in [-0.4, -0.2) is 25.7 Å². The van der Waals surface area contributed by atoms with Crippen LogP contribution in [0.1, 0.15) is 45.4 Å². The van der Waals surface area contributed by atoms with Crippen LogP contribution < -0.4 is 10.9 Å². The highest BCUT2D eigenvalue weighted by Gasteiger charge is 2.20. The molecule has 170 valence electrons. The Hall–Kier alpha value is -3.58. The van der Waals surface area contributed by atoms with Crippen molar-refractivity contribution in [3.8, 4) is 34.0 Å². The molecule has 1 N–H and O–H groups in total. The van der Waals surface area contributed by atoms with Crippen LogP contribution in [0.2, 0.25) is 0 Å². The molecular weight excluding hydrogens is 414 g/mol. The topological polar surface area (TPSA) is 85.8 Å². The predicted molar refractivity (Wildman–Crippen MR) is 130 cm³/mol. The number of benzene rings is 1. The van der Waals surface area contributed by atoms with Crippen LogP contribution in [0.15, 0.2) is 64.2 Å². The molecule has 1 fully saturated rings. The van der Waals surface area contributed by atoms with Crippen LogP contribution in [0.5, 0.6) is 0 Å². The van der Waals surface area contributed by atoms with Gasteiger partial charge in [-0.15, -0.1) is 0 Å². The van der Waals surface area contributed by atoms with E-state index in [-0.39, 0.29) is 13.0 Å². The SMILES string of the molecule is Cc1ncc(-c2ccc(=O)n(C(C)C)c2)nc1-c1cc(-c2ccc(CNC3CC3)cc2)no1.[HH]. The summed E-state index contributed by atoms with van der Waals surface area (Å²) in [7, 11) is 0. The van der Waals surface area contributed by atoms with Crippen molar-refractivity contribution in [3.63, 3.8) is 0 Å². The van der Waals surface area contributed by atoms with Gasteiger partial charge in [0.05, 0.1) is 17.6 Å². The third-order valence-electron chi connectivity index (χ3n) is 5.91. The van der Waals surface area contributed by atoms with E-state index in [1.165, 1.54) is 18.4 Å². The monoisotopic (exact) mass is 443 g/mol. The Morgan fingerprint density at radius 2 is 1.88 bits per heavy atom. The first-order valence-corrected chi connectivity index (χ1v) is 11.3. The maximum Gasteiger partial charge on any atom is 0.250 e. The molecule has 0 aliphatic heterocycles. The third kappa shape index (κ3) is 4.64. The van der Waals surface area contributed by atoms with Crippen molar-refractivity contribution in [1.29, 1.82) is 0 Å². The lowest BCUT2D eigenvalue weighted by Gasteiger charge is -2.11. The summed E-state index contributed by atoms with van der Waals surface area (Å²) in [5.41, 5.74) is 5.86. The number of aromatic nitrogens is 4. The molecule has 1 aliphatic rings. The Labute approximate surface area is 194 Å². The van der Waals surface area contributed by atoms with E-state index in [9.17, 15) is 4.79 Å². The van der Waals surface area contributed by atoms with Crippen molar-refractivity contribution in [2.75, 3.05) is 0 Å². The molecule has 5 rings (SSSR count). The van der Waals surface area contributed by atoms with Gasteiger partial charge in [0.15, 0.2) is 5.76 Å². The lowest BCUT2D eigenvalue weighted by atomic mass is 10.1. The number of pyridine rings is 1. The van der Waals surface area contributed by atoms with Crippen molar-refractivity contribution < 1.29 is 5.95 Å². The molecule has 0 unspecified atom stereocenters. The van der Waals surface area contributed by atoms with Gasteiger partial charge in [-0.1, -0.05) is 29.4 Å². The summed E-state index contributed by atoms with van der Waals surface area (Å²) in [4.78, 5) is 21.4. The molecule has 7 heteroatoms. The number of hydrogen-bond acceptors (Lipinski definition) is 6. The molecule has 1 aliphatic carbocycles. The fourth-order valence-corrected chi connectivity index (χ4v) is 3.75. The molecule has 0 radical (unpaired) electrons. The van der Waals surface area contributed by atoms with Gasteiger partial charge in [-0.3, -0.25) is 9.78 Å². The van der Waals surface area contributed by atoms with E-state index < -0.39 is 0 Å². The number of hydrogen-bond donors (Lipinski definition) is 1. The van der Waals surface area contributed by atoms with E-state index >= 15 is 0 Å². The number of aryl methyl sites for hydroxylation is 1. The van der Waals surface area contributed by atoms with E-state index in [2.05, 4.69) is 39.7 Å². The maximum atomic E-state index is 12.1. The van der Waals surface area contributed by atoms with Gasteiger partial charge in [0.2, 0.25) is 0 Å². The molecule has 1 aromatic carbocycles. The minimum Gasteiger partial charge on any atom is -0.354 e. The van der Waals surface area contributed by atoms with E-state index in [0.717, 1.165) is 29.1 Å². The molecule has 0 amide bonds. The summed E-state index contributed by atoms with van der Waals surface area (Å²) < 4.78 is 7.34. The number of rotatable bonds is 7. The van der Waals surface area contributed by atoms with Crippen LogP contribution in [0.4, 0.5) is 0 Å². The fraction of sp³-hybridized carbons (Fsp3) is 0.308. The van der Waals surface area contributed by atoms with E-state index in [1.807, 2.05) is 33.0 Å². The summed E-state index contributed by atoms with van der Waals surface area (Å²) in [5, 5.41) is 7.79. The molecule has 4 aromatic rings. The molecule has 0 saturated heterocycles. The zero-order valence-corrected chi connectivity index (χ0v) is 19.1. The first-order chi connectivity index (χ1) is 16.0. The highest BCUT2D eigenvalue weighted by Crippen LogP contribution is 2.28. The second kappa shape index (κ2) is 8.75. The van der Waals surface area contributed by atoms with Crippen LogP contribution >= 0.6 is 0 Å². The number of nitrogens with one attached hydrogen (secondary N) is 1. The lowest BCUT2D eigenvalue weighted by molar-refractivity contribution is 0.433. The molecule has 0 atom stereocenters. The second-order valence-corrected chi connectivity index (χ2v) is 8.87. The van der Waals surface area contributed by atoms with Crippen LogP contribution in [0, 0.1) is 6.92 Å². The average Bonchev–Trinajstić information content (AvgIpc) is 3.53. The third-order valence-corrected chi connectivity index (χ3v) is 5.91. The first-order valence-electron chi connectivity index (χ1n) is 11.3.